The summed E-state index contributed by atoms with van der Waals surface area (Å²) in [6.45, 7) is 0. The lowest BCUT2D eigenvalue weighted by Crippen LogP contribution is -2.23. The number of hydrogen-bond acceptors (Lipinski definition) is 2. The Morgan fingerprint density at radius 2 is 2.55 bits per heavy atom. The molecule has 11 heavy (non-hydrogen) atoms. The van der Waals surface area contributed by atoms with Gasteiger partial charge in [-0.3, -0.25) is 9.63 Å². The summed E-state index contributed by atoms with van der Waals surface area (Å²) in [4.78, 5) is 15.4. The predicted molar refractivity (Wildman–Crippen MR) is 40.2 cm³/mol. The Hall–Kier alpha value is -1.44. The van der Waals surface area contributed by atoms with E-state index in [4.69, 9.17) is 0 Å². The maximum Gasteiger partial charge on any atom is 0.332 e. The molecule has 3 heteroatoms. The predicted octanol–water partition coefficient (Wildman–Crippen LogP) is 0.520. The summed E-state index contributed by atoms with van der Waals surface area (Å²) in [6.07, 6.45) is 9.53. The SMILES string of the molecule is CONC(=O)C1=CC=C[C+]=C1. The molecule has 3 nitrogen and oxygen atoms in total. The van der Waals surface area contributed by atoms with E-state index in [1.165, 1.54) is 7.11 Å². The fourth-order valence-corrected chi connectivity index (χ4v) is 0.686. The Morgan fingerprint density at radius 3 is 3.09 bits per heavy atom. The highest BCUT2D eigenvalue weighted by atomic mass is 16.6. The monoisotopic (exact) mass is 150 g/mol. The van der Waals surface area contributed by atoms with Crippen LogP contribution < -0.4 is 5.48 Å². The molecule has 1 aliphatic carbocycles. The molecule has 0 aliphatic heterocycles. The van der Waals surface area contributed by atoms with Gasteiger partial charge in [-0.15, -0.1) is 0 Å². The van der Waals surface area contributed by atoms with Gasteiger partial charge in [0, 0.05) is 12.2 Å². The number of hydrogen-bond donors (Lipinski definition) is 1. The number of allylic oxidation sites excluding steroid dienone is 4. The first-order valence-electron chi connectivity index (χ1n) is 3.14. The van der Waals surface area contributed by atoms with Crippen molar-refractivity contribution in [3.8, 4) is 0 Å². The first kappa shape index (κ1) is 7.66. The molecule has 0 saturated heterocycles. The molecule has 0 aromatic carbocycles. The molecule has 0 aromatic heterocycles. The maximum absolute atomic E-state index is 11.0. The van der Waals surface area contributed by atoms with E-state index in [1.807, 2.05) is 0 Å². The number of carbonyl (C=O) groups is 1. The molecule has 0 spiro atoms. The minimum atomic E-state index is -0.260. The van der Waals surface area contributed by atoms with Crippen molar-refractivity contribution in [1.82, 2.24) is 5.48 Å². The van der Waals surface area contributed by atoms with Crippen LogP contribution in [0.3, 0.4) is 0 Å². The summed E-state index contributed by atoms with van der Waals surface area (Å²) >= 11 is 0. The third kappa shape index (κ3) is 2.00. The van der Waals surface area contributed by atoms with Crippen LogP contribution in [0.4, 0.5) is 0 Å². The minimum absolute atomic E-state index is 0.260. The minimum Gasteiger partial charge on any atom is -0.276 e. The molecule has 1 amide bonds. The molecule has 1 rings (SSSR count). The average Bonchev–Trinajstić information content (AvgIpc) is 2.07. The zero-order chi connectivity index (χ0) is 8.10. The summed E-state index contributed by atoms with van der Waals surface area (Å²) in [6, 6.07) is 0. The fourth-order valence-electron chi connectivity index (χ4n) is 0.686. The van der Waals surface area contributed by atoms with Crippen molar-refractivity contribution in [1.29, 1.82) is 0 Å². The number of hydroxylamine groups is 1. The topological polar surface area (TPSA) is 38.3 Å². The molecule has 0 bridgehead atoms. The van der Waals surface area contributed by atoms with Crippen molar-refractivity contribution < 1.29 is 9.63 Å². The number of nitrogens with one attached hydrogen (secondary N) is 1. The van der Waals surface area contributed by atoms with Crippen molar-refractivity contribution in [2.75, 3.05) is 7.11 Å². The van der Waals surface area contributed by atoms with Crippen LogP contribution in [0.2, 0.25) is 0 Å². The van der Waals surface area contributed by atoms with Gasteiger partial charge >= 0.3 is 5.91 Å². The molecular formula is C8H8NO2+. The Bertz CT molecular complexity index is 238. The molecule has 0 saturated carbocycles. The smallest absolute Gasteiger partial charge is 0.276 e. The van der Waals surface area contributed by atoms with Gasteiger partial charge in [-0.2, -0.15) is 0 Å². The standard InChI is InChI=1S/C8H7NO2/c1-11-9-8(10)7-5-3-2-4-6-7/h2-3,5-6H,1H3/p+1. The van der Waals surface area contributed by atoms with E-state index in [0.717, 1.165) is 0 Å². The van der Waals surface area contributed by atoms with Crippen molar-refractivity contribution in [3.63, 3.8) is 0 Å². The fraction of sp³-hybridized carbons (Fsp3) is 0.125. The molecule has 1 N–H and O–H groups in total. The van der Waals surface area contributed by atoms with Crippen LogP contribution in [0.5, 0.6) is 0 Å². The van der Waals surface area contributed by atoms with E-state index in [2.05, 4.69) is 16.4 Å². The Kier molecular flexibility index (Phi) is 2.55. The van der Waals surface area contributed by atoms with Crippen LogP contribution in [0.1, 0.15) is 0 Å². The molecule has 0 fully saturated rings. The van der Waals surface area contributed by atoms with Crippen molar-refractivity contribution in [3.05, 3.63) is 36.0 Å². The summed E-state index contributed by atoms with van der Waals surface area (Å²) in [5.41, 5.74) is 2.74. The van der Waals surface area contributed by atoms with Crippen LogP contribution in [0.15, 0.2) is 29.9 Å². The van der Waals surface area contributed by atoms with Crippen LogP contribution in [0.25, 0.3) is 0 Å². The Morgan fingerprint density at radius 1 is 1.73 bits per heavy atom. The molecule has 0 heterocycles. The number of carbonyl (C=O) groups excluding carboxylic acids is 1. The Labute approximate surface area is 65.0 Å². The number of rotatable bonds is 2. The van der Waals surface area contributed by atoms with Crippen LogP contribution >= 0.6 is 0 Å². The third-order valence-corrected chi connectivity index (χ3v) is 1.16. The van der Waals surface area contributed by atoms with Gasteiger partial charge in [-0.05, 0) is 0 Å². The molecule has 0 aromatic rings. The maximum atomic E-state index is 11.0. The second-order valence-corrected chi connectivity index (χ2v) is 1.93. The zero-order valence-corrected chi connectivity index (χ0v) is 6.13. The zero-order valence-electron chi connectivity index (χ0n) is 6.13. The van der Waals surface area contributed by atoms with Gasteiger partial charge < -0.3 is 0 Å². The molecule has 0 atom stereocenters. The van der Waals surface area contributed by atoms with Crippen molar-refractivity contribution >= 4 is 5.91 Å². The van der Waals surface area contributed by atoms with Gasteiger partial charge in [0.15, 0.2) is 5.57 Å². The van der Waals surface area contributed by atoms with Crippen molar-refractivity contribution in [2.45, 2.75) is 0 Å². The van der Waals surface area contributed by atoms with E-state index in [0.29, 0.717) is 5.57 Å². The van der Waals surface area contributed by atoms with Gasteiger partial charge in [0.05, 0.1) is 13.2 Å². The quantitative estimate of drug-likeness (QED) is 0.460. The summed E-state index contributed by atoms with van der Waals surface area (Å²) in [7, 11) is 1.39. The normalized spacial score (nSPS) is 13.7. The third-order valence-electron chi connectivity index (χ3n) is 1.16. The first-order chi connectivity index (χ1) is 5.34. The van der Waals surface area contributed by atoms with Gasteiger partial charge in [-0.25, -0.2) is 5.48 Å². The summed E-state index contributed by atoms with van der Waals surface area (Å²) < 4.78 is 0. The average molecular weight is 150 g/mol. The van der Waals surface area contributed by atoms with E-state index in [-0.39, 0.29) is 5.91 Å². The highest BCUT2D eigenvalue weighted by molar-refractivity contribution is 5.95. The molecule has 1 aliphatic rings. The van der Waals surface area contributed by atoms with Gasteiger partial charge in [0.25, 0.3) is 0 Å². The second-order valence-electron chi connectivity index (χ2n) is 1.93. The summed E-state index contributed by atoms with van der Waals surface area (Å²) in [5, 5.41) is 0. The lowest BCUT2D eigenvalue weighted by Gasteiger charge is -1.96. The highest BCUT2D eigenvalue weighted by Crippen LogP contribution is 2.02. The first-order valence-corrected chi connectivity index (χ1v) is 3.14. The van der Waals surface area contributed by atoms with Crippen molar-refractivity contribution in [2.24, 2.45) is 0 Å². The van der Waals surface area contributed by atoms with Gasteiger partial charge in [0.1, 0.15) is 12.2 Å². The highest BCUT2D eigenvalue weighted by Gasteiger charge is 2.12. The lowest BCUT2D eigenvalue weighted by atomic mass is 10.1. The molecule has 0 unspecified atom stereocenters. The number of amides is 1. The largest absolute Gasteiger partial charge is 0.332 e. The Balaban J connectivity index is 2.61. The lowest BCUT2D eigenvalue weighted by molar-refractivity contribution is -0.127. The van der Waals surface area contributed by atoms with Gasteiger partial charge in [0.2, 0.25) is 0 Å². The van der Waals surface area contributed by atoms with E-state index in [1.54, 1.807) is 24.3 Å². The van der Waals surface area contributed by atoms with E-state index in [9.17, 15) is 4.79 Å². The molecule has 56 valence electrons. The van der Waals surface area contributed by atoms with Gasteiger partial charge in [-0.1, -0.05) is 0 Å². The molecular weight excluding hydrogens is 142 g/mol. The molecule has 0 radical (unpaired) electrons. The second kappa shape index (κ2) is 3.66. The van der Waals surface area contributed by atoms with Crippen LogP contribution in [0, 0.1) is 6.08 Å². The van der Waals surface area contributed by atoms with Crippen LogP contribution in [-0.2, 0) is 9.63 Å². The summed E-state index contributed by atoms with van der Waals surface area (Å²) in [5.74, 6) is -0.260. The van der Waals surface area contributed by atoms with Crippen LogP contribution in [-0.4, -0.2) is 13.0 Å². The van der Waals surface area contributed by atoms with E-state index >= 15 is 0 Å². The van der Waals surface area contributed by atoms with E-state index < -0.39 is 0 Å².